The number of hydrogen-bond donors (Lipinski definition) is 1. The minimum Gasteiger partial charge on any atom is -0.357 e. The molecule has 7 heteroatoms. The van der Waals surface area contributed by atoms with Crippen molar-refractivity contribution in [3.63, 3.8) is 0 Å². The predicted molar refractivity (Wildman–Crippen MR) is 115 cm³/mol. The zero-order valence-electron chi connectivity index (χ0n) is 15.8. The molecular formula is C21H23Cl3N2O2. The van der Waals surface area contributed by atoms with E-state index in [0.29, 0.717) is 33.5 Å². The van der Waals surface area contributed by atoms with Gasteiger partial charge in [-0.05, 0) is 36.6 Å². The average molecular weight is 442 g/mol. The van der Waals surface area contributed by atoms with Gasteiger partial charge >= 0.3 is 0 Å². The first kappa shape index (κ1) is 22.5. The number of likely N-dealkylation sites (N-methyl/N-ethyl adjacent to an activating group) is 1. The maximum Gasteiger partial charge on any atom is 0.242 e. The highest BCUT2D eigenvalue weighted by molar-refractivity contribution is 6.36. The van der Waals surface area contributed by atoms with Crippen LogP contribution in [-0.4, -0.2) is 29.8 Å². The van der Waals surface area contributed by atoms with Crippen molar-refractivity contribution in [2.45, 2.75) is 38.8 Å². The molecule has 2 rings (SSSR count). The number of amides is 2. The van der Waals surface area contributed by atoms with Gasteiger partial charge in [-0.3, -0.25) is 9.59 Å². The molecule has 0 heterocycles. The van der Waals surface area contributed by atoms with Crippen LogP contribution in [0.5, 0.6) is 0 Å². The van der Waals surface area contributed by atoms with Gasteiger partial charge in [0.25, 0.3) is 0 Å². The van der Waals surface area contributed by atoms with Gasteiger partial charge in [-0.15, -0.1) is 0 Å². The van der Waals surface area contributed by atoms with Crippen LogP contribution in [0.25, 0.3) is 0 Å². The van der Waals surface area contributed by atoms with Crippen LogP contribution in [0, 0.1) is 0 Å². The molecule has 0 saturated heterocycles. The van der Waals surface area contributed by atoms with Gasteiger partial charge in [0, 0.05) is 40.6 Å². The van der Waals surface area contributed by atoms with Crippen molar-refractivity contribution in [3.8, 4) is 0 Å². The lowest BCUT2D eigenvalue weighted by atomic mass is 10.1. The summed E-state index contributed by atoms with van der Waals surface area (Å²) >= 11 is 18.8. The fraction of sp³-hybridized carbons (Fsp3) is 0.333. The molecule has 1 N–H and O–H groups in total. The molecule has 2 aromatic carbocycles. The molecule has 0 fully saturated rings. The summed E-state index contributed by atoms with van der Waals surface area (Å²) in [5, 5.41) is 4.17. The zero-order valence-corrected chi connectivity index (χ0v) is 18.1. The number of nitrogens with one attached hydrogen (secondary N) is 1. The fourth-order valence-electron chi connectivity index (χ4n) is 3.03. The van der Waals surface area contributed by atoms with Crippen molar-refractivity contribution in [2.24, 2.45) is 0 Å². The van der Waals surface area contributed by atoms with Crippen LogP contribution in [0.15, 0.2) is 42.5 Å². The minimum absolute atomic E-state index is 0.159. The highest BCUT2D eigenvalue weighted by atomic mass is 35.5. The Labute approximate surface area is 180 Å². The van der Waals surface area contributed by atoms with Crippen molar-refractivity contribution < 1.29 is 9.59 Å². The summed E-state index contributed by atoms with van der Waals surface area (Å²) in [6.45, 7) is 2.02. The van der Waals surface area contributed by atoms with Crippen molar-refractivity contribution in [1.82, 2.24) is 10.2 Å². The van der Waals surface area contributed by atoms with E-state index >= 15 is 0 Å². The Morgan fingerprint density at radius 1 is 1.00 bits per heavy atom. The van der Waals surface area contributed by atoms with Gasteiger partial charge in [0.1, 0.15) is 6.04 Å². The second-order valence-corrected chi connectivity index (χ2v) is 7.57. The Kier molecular flexibility index (Phi) is 8.61. The van der Waals surface area contributed by atoms with Crippen LogP contribution in [0.3, 0.4) is 0 Å². The first-order chi connectivity index (χ1) is 13.4. The SMILES string of the molecule is CC[C@@H](C(=O)NC)N(Cc1c(Cl)cccc1Cl)C(=O)CCc1ccccc1Cl. The van der Waals surface area contributed by atoms with E-state index in [2.05, 4.69) is 5.32 Å². The van der Waals surface area contributed by atoms with Crippen LogP contribution in [0.1, 0.15) is 30.9 Å². The van der Waals surface area contributed by atoms with E-state index < -0.39 is 6.04 Å². The number of benzene rings is 2. The molecular weight excluding hydrogens is 419 g/mol. The van der Waals surface area contributed by atoms with Crippen LogP contribution >= 0.6 is 34.8 Å². The van der Waals surface area contributed by atoms with E-state index in [0.717, 1.165) is 5.56 Å². The summed E-state index contributed by atoms with van der Waals surface area (Å²) in [7, 11) is 1.56. The second kappa shape index (κ2) is 10.7. The zero-order chi connectivity index (χ0) is 20.7. The lowest BCUT2D eigenvalue weighted by Crippen LogP contribution is -2.48. The number of carbonyl (C=O) groups excluding carboxylic acids is 2. The monoisotopic (exact) mass is 440 g/mol. The largest absolute Gasteiger partial charge is 0.357 e. The van der Waals surface area contributed by atoms with E-state index in [4.69, 9.17) is 34.8 Å². The summed E-state index contributed by atoms with van der Waals surface area (Å²) in [4.78, 5) is 27.0. The molecule has 0 aliphatic heterocycles. The molecule has 0 bridgehead atoms. The van der Waals surface area contributed by atoms with Gasteiger partial charge < -0.3 is 10.2 Å². The van der Waals surface area contributed by atoms with E-state index in [1.807, 2.05) is 25.1 Å². The number of hydrogen-bond acceptors (Lipinski definition) is 2. The topological polar surface area (TPSA) is 49.4 Å². The number of halogens is 3. The smallest absolute Gasteiger partial charge is 0.242 e. The summed E-state index contributed by atoms with van der Waals surface area (Å²) in [6.07, 6.45) is 1.17. The van der Waals surface area contributed by atoms with Crippen LogP contribution in [-0.2, 0) is 22.6 Å². The predicted octanol–water partition coefficient (Wildman–Crippen LogP) is 5.13. The first-order valence-electron chi connectivity index (χ1n) is 9.06. The van der Waals surface area contributed by atoms with Crippen LogP contribution < -0.4 is 5.32 Å². The quantitative estimate of drug-likeness (QED) is 0.617. The summed E-state index contributed by atoms with van der Waals surface area (Å²) in [5.41, 5.74) is 1.51. The average Bonchev–Trinajstić information content (AvgIpc) is 2.68. The lowest BCUT2D eigenvalue weighted by molar-refractivity contribution is -0.141. The third-order valence-corrected chi connectivity index (χ3v) is 5.67. The fourth-order valence-corrected chi connectivity index (χ4v) is 3.77. The summed E-state index contributed by atoms with van der Waals surface area (Å²) < 4.78 is 0. The highest BCUT2D eigenvalue weighted by Crippen LogP contribution is 2.27. The molecule has 1 atom stereocenters. The number of carbonyl (C=O) groups is 2. The number of aryl methyl sites for hydroxylation is 1. The van der Waals surface area contributed by atoms with E-state index in [9.17, 15) is 9.59 Å². The Bertz CT molecular complexity index is 822. The summed E-state index contributed by atoms with van der Waals surface area (Å²) in [6, 6.07) is 12.0. The van der Waals surface area contributed by atoms with Gasteiger partial charge in [0.05, 0.1) is 0 Å². The maximum absolute atomic E-state index is 13.1. The van der Waals surface area contributed by atoms with Crippen LogP contribution in [0.2, 0.25) is 15.1 Å². The van der Waals surface area contributed by atoms with Gasteiger partial charge in [0.15, 0.2) is 0 Å². The standard InChI is InChI=1S/C21H23Cl3N2O2/c1-3-19(21(28)25-2)26(13-15-17(23)9-6-10-18(15)24)20(27)12-11-14-7-4-5-8-16(14)22/h4-10,19H,3,11-13H2,1-2H3,(H,25,28)/t19-/m0/s1. The first-order valence-corrected chi connectivity index (χ1v) is 10.2. The third-order valence-electron chi connectivity index (χ3n) is 4.59. The second-order valence-electron chi connectivity index (χ2n) is 6.35. The van der Waals surface area contributed by atoms with Crippen molar-refractivity contribution in [2.75, 3.05) is 7.05 Å². The third kappa shape index (κ3) is 5.63. The van der Waals surface area contributed by atoms with Gasteiger partial charge in [0.2, 0.25) is 11.8 Å². The van der Waals surface area contributed by atoms with E-state index in [1.54, 1.807) is 36.2 Å². The molecule has 150 valence electrons. The molecule has 28 heavy (non-hydrogen) atoms. The van der Waals surface area contributed by atoms with Gasteiger partial charge in [-0.2, -0.15) is 0 Å². The Morgan fingerprint density at radius 3 is 2.18 bits per heavy atom. The van der Waals surface area contributed by atoms with Gasteiger partial charge in [-0.1, -0.05) is 66.0 Å². The number of nitrogens with zero attached hydrogens (tertiary/aromatic N) is 1. The van der Waals surface area contributed by atoms with E-state index in [-0.39, 0.29) is 24.8 Å². The molecule has 0 unspecified atom stereocenters. The Hall–Kier alpha value is -1.75. The molecule has 0 aliphatic rings. The number of rotatable bonds is 8. The lowest BCUT2D eigenvalue weighted by Gasteiger charge is -2.31. The molecule has 0 spiro atoms. The Morgan fingerprint density at radius 2 is 1.61 bits per heavy atom. The molecule has 0 aliphatic carbocycles. The highest BCUT2D eigenvalue weighted by Gasteiger charge is 2.29. The van der Waals surface area contributed by atoms with Crippen molar-refractivity contribution >= 4 is 46.6 Å². The normalized spacial score (nSPS) is 11.8. The molecule has 2 amide bonds. The summed E-state index contributed by atoms with van der Waals surface area (Å²) in [5.74, 6) is -0.386. The van der Waals surface area contributed by atoms with Crippen LogP contribution in [0.4, 0.5) is 0 Å². The molecule has 0 aromatic heterocycles. The molecule has 0 radical (unpaired) electrons. The molecule has 0 saturated carbocycles. The van der Waals surface area contributed by atoms with Crippen molar-refractivity contribution in [3.05, 3.63) is 68.7 Å². The van der Waals surface area contributed by atoms with E-state index in [1.165, 1.54) is 0 Å². The minimum atomic E-state index is -0.615. The molecule has 2 aromatic rings. The van der Waals surface area contributed by atoms with Gasteiger partial charge in [-0.25, -0.2) is 0 Å². The Balaban J connectivity index is 2.27. The molecule has 4 nitrogen and oxygen atoms in total. The maximum atomic E-state index is 13.1. The van der Waals surface area contributed by atoms with Crippen molar-refractivity contribution in [1.29, 1.82) is 0 Å².